The summed E-state index contributed by atoms with van der Waals surface area (Å²) in [7, 11) is 0. The molecule has 0 aromatic carbocycles. The van der Waals surface area contributed by atoms with Crippen LogP contribution in [0.1, 0.15) is 49.4 Å². The van der Waals surface area contributed by atoms with Crippen LogP contribution in [0.4, 0.5) is 0 Å². The van der Waals surface area contributed by atoms with Gasteiger partial charge in [0.25, 0.3) is 17.4 Å². The van der Waals surface area contributed by atoms with E-state index in [2.05, 4.69) is 10.3 Å². The Morgan fingerprint density at radius 1 is 1.25 bits per heavy atom. The van der Waals surface area contributed by atoms with Crippen LogP contribution in [-0.2, 0) is 11.3 Å². The summed E-state index contributed by atoms with van der Waals surface area (Å²) >= 11 is 0. The molecule has 0 saturated heterocycles. The summed E-state index contributed by atoms with van der Waals surface area (Å²) in [4.78, 5) is 39.3. The molecular weight excluding hydrogens is 414 g/mol. The van der Waals surface area contributed by atoms with Gasteiger partial charge in [0, 0.05) is 25.7 Å². The van der Waals surface area contributed by atoms with E-state index in [9.17, 15) is 14.7 Å². The largest absolute Gasteiger partial charge is 0.481 e. The molecule has 4 rings (SSSR count). The number of aliphatic hydroxyl groups is 1. The standard InChI is InChI=1S/C20H23N5O3.C2H4O2/c21-17-14(19(27)22-13-6-2-1-3-7-13)12-15-18(25(17)10-11-26)23-16-8-4-5-9-24(16)20(15)28;1-2(3)4/h4-5,8-9,12-13,21,26H,1-3,6-7,10-11H2,(H,22,27);1H3,(H,3,4). The fraction of sp³-hybridized carbons (Fsp3) is 0.409. The second-order valence-corrected chi connectivity index (χ2v) is 7.69. The number of nitrogens with one attached hydrogen (secondary N) is 2. The maximum atomic E-state index is 13.0. The minimum absolute atomic E-state index is 0.0537. The molecule has 3 aromatic heterocycles. The lowest BCUT2D eigenvalue weighted by Crippen LogP contribution is -2.40. The Morgan fingerprint density at radius 3 is 2.59 bits per heavy atom. The van der Waals surface area contributed by atoms with Crippen molar-refractivity contribution in [3.8, 4) is 0 Å². The molecule has 0 aliphatic heterocycles. The highest BCUT2D eigenvalue weighted by Crippen LogP contribution is 2.18. The van der Waals surface area contributed by atoms with Gasteiger partial charge >= 0.3 is 0 Å². The number of rotatable bonds is 4. The molecular formula is C22H27N5O5. The molecule has 32 heavy (non-hydrogen) atoms. The third-order valence-corrected chi connectivity index (χ3v) is 5.33. The first-order chi connectivity index (χ1) is 15.3. The SMILES string of the molecule is CC(=O)O.N=c1c(C(=O)NC2CCCCC2)cc2c(=O)n3ccccc3nc2n1CCO. The van der Waals surface area contributed by atoms with Gasteiger partial charge in [0.05, 0.1) is 17.6 Å². The first kappa shape index (κ1) is 23.1. The summed E-state index contributed by atoms with van der Waals surface area (Å²) in [6.07, 6.45) is 6.82. The summed E-state index contributed by atoms with van der Waals surface area (Å²) in [6.45, 7) is 0.935. The van der Waals surface area contributed by atoms with E-state index in [0.29, 0.717) is 11.3 Å². The second-order valence-electron chi connectivity index (χ2n) is 7.69. The van der Waals surface area contributed by atoms with E-state index in [0.717, 1.165) is 32.6 Å². The van der Waals surface area contributed by atoms with Crippen LogP contribution < -0.4 is 16.4 Å². The number of pyridine rings is 2. The molecule has 0 radical (unpaired) electrons. The predicted molar refractivity (Wildman–Crippen MR) is 118 cm³/mol. The van der Waals surface area contributed by atoms with Crippen molar-refractivity contribution in [2.24, 2.45) is 0 Å². The van der Waals surface area contributed by atoms with Crippen molar-refractivity contribution in [2.45, 2.75) is 51.6 Å². The van der Waals surface area contributed by atoms with Gasteiger partial charge in [0.2, 0.25) is 0 Å². The van der Waals surface area contributed by atoms with E-state index in [4.69, 9.17) is 15.3 Å². The van der Waals surface area contributed by atoms with Crippen LogP contribution in [0.15, 0.2) is 35.3 Å². The monoisotopic (exact) mass is 441 g/mol. The van der Waals surface area contributed by atoms with Crippen LogP contribution in [0.3, 0.4) is 0 Å². The molecule has 3 aromatic rings. The predicted octanol–water partition coefficient (Wildman–Crippen LogP) is 1.27. The van der Waals surface area contributed by atoms with Crippen LogP contribution in [0.2, 0.25) is 0 Å². The molecule has 170 valence electrons. The van der Waals surface area contributed by atoms with Crippen molar-refractivity contribution >= 4 is 28.6 Å². The van der Waals surface area contributed by atoms with Crippen LogP contribution in [0, 0.1) is 5.41 Å². The van der Waals surface area contributed by atoms with Gasteiger partial charge in [-0.1, -0.05) is 25.3 Å². The minimum atomic E-state index is -0.833. The number of aliphatic hydroxyl groups excluding tert-OH is 1. The second kappa shape index (κ2) is 10.2. The molecule has 10 heteroatoms. The lowest BCUT2D eigenvalue weighted by Gasteiger charge is -2.23. The van der Waals surface area contributed by atoms with Gasteiger partial charge in [-0.25, -0.2) is 4.98 Å². The summed E-state index contributed by atoms with van der Waals surface area (Å²) in [5, 5.41) is 28.6. The van der Waals surface area contributed by atoms with E-state index in [1.807, 2.05) is 0 Å². The summed E-state index contributed by atoms with van der Waals surface area (Å²) in [6, 6.07) is 6.77. The van der Waals surface area contributed by atoms with Crippen LogP contribution in [-0.4, -0.2) is 48.7 Å². The first-order valence-electron chi connectivity index (χ1n) is 10.5. The summed E-state index contributed by atoms with van der Waals surface area (Å²) in [5.74, 6) is -1.19. The van der Waals surface area contributed by atoms with Gasteiger partial charge in [-0.2, -0.15) is 0 Å². The maximum Gasteiger partial charge on any atom is 0.300 e. The molecule has 10 nitrogen and oxygen atoms in total. The Bertz CT molecular complexity index is 1250. The van der Waals surface area contributed by atoms with Crippen LogP contribution in [0.25, 0.3) is 16.7 Å². The van der Waals surface area contributed by atoms with Crippen molar-refractivity contribution in [1.29, 1.82) is 5.41 Å². The molecule has 3 heterocycles. The van der Waals surface area contributed by atoms with Gasteiger partial charge in [0.15, 0.2) is 0 Å². The molecule has 4 N–H and O–H groups in total. The Hall–Kier alpha value is -3.53. The number of fused-ring (bicyclic) bond motifs is 2. The average molecular weight is 441 g/mol. The number of carbonyl (C=O) groups excluding carboxylic acids is 1. The first-order valence-corrected chi connectivity index (χ1v) is 10.5. The van der Waals surface area contributed by atoms with Crippen molar-refractivity contribution in [3.63, 3.8) is 0 Å². The molecule has 0 atom stereocenters. The number of carboxylic acids is 1. The van der Waals surface area contributed by atoms with Gasteiger partial charge in [-0.3, -0.25) is 24.2 Å². The van der Waals surface area contributed by atoms with Gasteiger partial charge < -0.3 is 20.1 Å². The topological polar surface area (TPSA) is 150 Å². The Kier molecular flexibility index (Phi) is 7.37. The summed E-state index contributed by atoms with van der Waals surface area (Å²) in [5.41, 5.74) is 0.511. The lowest BCUT2D eigenvalue weighted by molar-refractivity contribution is -0.134. The fourth-order valence-electron chi connectivity index (χ4n) is 3.89. The highest BCUT2D eigenvalue weighted by Gasteiger charge is 2.21. The zero-order chi connectivity index (χ0) is 23.3. The fourth-order valence-corrected chi connectivity index (χ4v) is 3.89. The lowest BCUT2D eigenvalue weighted by atomic mass is 9.95. The smallest absolute Gasteiger partial charge is 0.300 e. The van der Waals surface area contributed by atoms with Crippen LogP contribution >= 0.6 is 0 Å². The quantitative estimate of drug-likeness (QED) is 0.448. The molecule has 1 fully saturated rings. The maximum absolute atomic E-state index is 13.0. The van der Waals surface area contributed by atoms with Crippen molar-refractivity contribution in [1.82, 2.24) is 19.3 Å². The molecule has 1 aliphatic carbocycles. The Morgan fingerprint density at radius 2 is 1.94 bits per heavy atom. The number of nitrogens with zero attached hydrogens (tertiary/aromatic N) is 3. The highest BCUT2D eigenvalue weighted by molar-refractivity contribution is 5.97. The molecule has 1 amide bonds. The number of aliphatic carboxylic acids is 1. The molecule has 1 aliphatic rings. The zero-order valence-electron chi connectivity index (χ0n) is 17.9. The number of amides is 1. The zero-order valence-corrected chi connectivity index (χ0v) is 17.9. The number of hydrogen-bond acceptors (Lipinski definition) is 6. The third-order valence-electron chi connectivity index (χ3n) is 5.33. The van der Waals surface area contributed by atoms with E-state index >= 15 is 0 Å². The summed E-state index contributed by atoms with van der Waals surface area (Å²) < 4.78 is 2.84. The van der Waals surface area contributed by atoms with Gasteiger partial charge in [-0.05, 0) is 31.0 Å². The molecule has 0 spiro atoms. The minimum Gasteiger partial charge on any atom is -0.481 e. The molecule has 0 unspecified atom stereocenters. The van der Waals surface area contributed by atoms with E-state index < -0.39 is 5.97 Å². The van der Waals surface area contributed by atoms with E-state index in [-0.39, 0.29) is 47.1 Å². The molecule has 0 bridgehead atoms. The van der Waals surface area contributed by atoms with Crippen molar-refractivity contribution in [2.75, 3.05) is 6.61 Å². The van der Waals surface area contributed by atoms with Crippen LogP contribution in [0.5, 0.6) is 0 Å². The number of hydrogen-bond donors (Lipinski definition) is 4. The number of aromatic nitrogens is 3. The van der Waals surface area contributed by atoms with Gasteiger partial charge in [-0.15, -0.1) is 0 Å². The highest BCUT2D eigenvalue weighted by atomic mass is 16.4. The Labute approximate surface area is 183 Å². The number of carboxylic acid groups (broad SMARTS) is 1. The average Bonchev–Trinajstić information content (AvgIpc) is 2.76. The van der Waals surface area contributed by atoms with E-state index in [1.54, 1.807) is 24.4 Å². The third kappa shape index (κ3) is 5.02. The Balaban J connectivity index is 0.000000668. The number of carbonyl (C=O) groups is 2. The van der Waals surface area contributed by atoms with E-state index in [1.165, 1.54) is 21.5 Å². The molecule has 1 saturated carbocycles. The van der Waals surface area contributed by atoms with Gasteiger partial charge in [0.1, 0.15) is 16.8 Å². The van der Waals surface area contributed by atoms with Crippen molar-refractivity contribution < 1.29 is 19.8 Å². The van der Waals surface area contributed by atoms with Crippen molar-refractivity contribution in [3.05, 3.63) is 51.9 Å². The normalized spacial score (nSPS) is 14.1.